The number of carbonyl (C=O) groups is 2. The van der Waals surface area contributed by atoms with Crippen molar-refractivity contribution in [3.8, 4) is 23.3 Å². The summed E-state index contributed by atoms with van der Waals surface area (Å²) in [5, 5.41) is 22.4. The molecule has 1 aliphatic heterocycles. The molecule has 1 N–H and O–H groups in total. The van der Waals surface area contributed by atoms with Crippen LogP contribution < -0.4 is 14.4 Å². The van der Waals surface area contributed by atoms with Gasteiger partial charge >= 0.3 is 5.97 Å². The first kappa shape index (κ1) is 21.8. The number of carboxylic acids is 1. The summed E-state index contributed by atoms with van der Waals surface area (Å²) in [6.07, 6.45) is 0. The largest absolute Gasteiger partial charge is 0.481 e. The van der Waals surface area contributed by atoms with E-state index in [0.717, 1.165) is 0 Å². The van der Waals surface area contributed by atoms with E-state index >= 15 is 0 Å². The zero-order valence-corrected chi connectivity index (χ0v) is 18.2. The molecule has 1 aromatic heterocycles. The smallest absolute Gasteiger partial charge is 0.341 e. The molecule has 0 aliphatic carbocycles. The molecular weight excluding hydrogens is 428 g/mol. The second-order valence-electron chi connectivity index (χ2n) is 8.37. The SMILES string of the molecule is CC(C)(C)c1nc(CN2C(=O)c3c(OCC(=O)O)cccc3Oc3ccc(C#N)cc32)no1. The average molecular weight is 448 g/mol. The first-order chi connectivity index (χ1) is 15.7. The zero-order chi connectivity index (χ0) is 23.8. The van der Waals surface area contributed by atoms with E-state index < -0.39 is 18.5 Å². The fourth-order valence-corrected chi connectivity index (χ4v) is 3.23. The van der Waals surface area contributed by atoms with Gasteiger partial charge in [0, 0.05) is 5.41 Å². The van der Waals surface area contributed by atoms with E-state index in [1.807, 2.05) is 20.8 Å². The maximum absolute atomic E-state index is 13.7. The lowest BCUT2D eigenvalue weighted by Crippen LogP contribution is -2.31. The Bertz CT molecular complexity index is 1280. The quantitative estimate of drug-likeness (QED) is 0.619. The van der Waals surface area contributed by atoms with Gasteiger partial charge < -0.3 is 19.1 Å². The van der Waals surface area contributed by atoms with E-state index in [4.69, 9.17) is 19.1 Å². The normalized spacial score (nSPS) is 12.8. The molecule has 168 valence electrons. The highest BCUT2D eigenvalue weighted by Gasteiger charge is 2.33. The van der Waals surface area contributed by atoms with Gasteiger partial charge in [-0.05, 0) is 30.3 Å². The summed E-state index contributed by atoms with van der Waals surface area (Å²) in [6, 6.07) is 11.4. The Morgan fingerprint density at radius 2 is 2.03 bits per heavy atom. The highest BCUT2D eigenvalue weighted by Crippen LogP contribution is 2.43. The molecule has 3 aromatic rings. The van der Waals surface area contributed by atoms with Gasteiger partial charge in [-0.3, -0.25) is 9.69 Å². The number of hydrogen-bond acceptors (Lipinski definition) is 8. The summed E-state index contributed by atoms with van der Waals surface area (Å²) in [7, 11) is 0. The highest BCUT2D eigenvalue weighted by molar-refractivity contribution is 6.11. The lowest BCUT2D eigenvalue weighted by atomic mass is 9.97. The molecule has 1 aliphatic rings. The van der Waals surface area contributed by atoms with Crippen LogP contribution in [0.5, 0.6) is 17.2 Å². The van der Waals surface area contributed by atoms with Crippen LogP contribution in [0.15, 0.2) is 40.9 Å². The van der Waals surface area contributed by atoms with Crippen LogP contribution in [-0.2, 0) is 16.8 Å². The van der Waals surface area contributed by atoms with Crippen molar-refractivity contribution in [2.45, 2.75) is 32.7 Å². The van der Waals surface area contributed by atoms with Crippen molar-refractivity contribution in [1.29, 1.82) is 5.26 Å². The van der Waals surface area contributed by atoms with Crippen molar-refractivity contribution in [1.82, 2.24) is 10.1 Å². The van der Waals surface area contributed by atoms with Crippen LogP contribution in [0.2, 0.25) is 0 Å². The number of hydrogen-bond donors (Lipinski definition) is 1. The van der Waals surface area contributed by atoms with Gasteiger partial charge in [-0.25, -0.2) is 4.79 Å². The van der Waals surface area contributed by atoms with Crippen LogP contribution in [-0.4, -0.2) is 33.7 Å². The molecule has 0 atom stereocenters. The monoisotopic (exact) mass is 448 g/mol. The summed E-state index contributed by atoms with van der Waals surface area (Å²) in [5.74, 6) is -0.462. The Kier molecular flexibility index (Phi) is 5.47. The summed E-state index contributed by atoms with van der Waals surface area (Å²) in [5.41, 5.74) is 0.328. The van der Waals surface area contributed by atoms with E-state index in [0.29, 0.717) is 22.9 Å². The number of ether oxygens (including phenoxy) is 2. The van der Waals surface area contributed by atoms with E-state index in [1.54, 1.807) is 24.3 Å². The first-order valence-corrected chi connectivity index (χ1v) is 10.0. The number of carboxylic acid groups (broad SMARTS) is 1. The standard InChI is InChI=1S/C23H20N4O6/c1-23(2,3)22-25-18(26-33-22)11-27-14-9-13(10-24)7-8-15(14)32-17-6-4-5-16(20(17)21(27)30)31-12-19(28)29/h4-9H,11-12H2,1-3H3,(H,28,29). The van der Waals surface area contributed by atoms with Crippen LogP contribution in [0.1, 0.15) is 48.4 Å². The van der Waals surface area contributed by atoms with Crippen molar-refractivity contribution < 1.29 is 28.7 Å². The fourth-order valence-electron chi connectivity index (χ4n) is 3.23. The minimum atomic E-state index is -1.19. The molecule has 4 rings (SSSR count). The molecule has 0 radical (unpaired) electrons. The molecule has 0 fully saturated rings. The van der Waals surface area contributed by atoms with Crippen LogP contribution >= 0.6 is 0 Å². The van der Waals surface area contributed by atoms with Gasteiger partial charge in [0.05, 0.1) is 23.9 Å². The van der Waals surface area contributed by atoms with E-state index in [9.17, 15) is 14.9 Å². The van der Waals surface area contributed by atoms with Crippen molar-refractivity contribution in [3.63, 3.8) is 0 Å². The van der Waals surface area contributed by atoms with Gasteiger partial charge in [0.1, 0.15) is 17.1 Å². The number of amides is 1. The Balaban J connectivity index is 1.82. The topological polar surface area (TPSA) is 139 Å². The molecule has 0 saturated heterocycles. The predicted octanol–water partition coefficient (Wildman–Crippen LogP) is 3.65. The number of nitrogens with zero attached hydrogens (tertiary/aromatic N) is 4. The molecule has 2 aromatic carbocycles. The zero-order valence-electron chi connectivity index (χ0n) is 18.2. The van der Waals surface area contributed by atoms with Crippen LogP contribution in [0, 0.1) is 11.3 Å². The number of benzene rings is 2. The molecule has 10 heteroatoms. The summed E-state index contributed by atoms with van der Waals surface area (Å²) in [6.45, 7) is 5.06. The highest BCUT2D eigenvalue weighted by atomic mass is 16.5. The number of nitriles is 1. The summed E-state index contributed by atoms with van der Waals surface area (Å²) < 4.78 is 16.7. The van der Waals surface area contributed by atoms with Gasteiger partial charge in [-0.1, -0.05) is 32.0 Å². The molecule has 0 unspecified atom stereocenters. The number of aliphatic carboxylic acids is 1. The number of carbonyl (C=O) groups excluding carboxylic acids is 1. The Morgan fingerprint density at radius 3 is 2.70 bits per heavy atom. The van der Waals surface area contributed by atoms with Crippen molar-refractivity contribution in [2.75, 3.05) is 11.5 Å². The minimum absolute atomic E-state index is 0.0491. The predicted molar refractivity (Wildman–Crippen MR) is 114 cm³/mol. The number of anilines is 1. The maximum Gasteiger partial charge on any atom is 0.341 e. The number of fused-ring (bicyclic) bond motifs is 2. The van der Waals surface area contributed by atoms with Crippen LogP contribution in [0.3, 0.4) is 0 Å². The van der Waals surface area contributed by atoms with E-state index in [-0.39, 0.29) is 34.8 Å². The molecule has 0 bridgehead atoms. The van der Waals surface area contributed by atoms with Crippen molar-refractivity contribution >= 4 is 17.6 Å². The molecule has 0 saturated carbocycles. The third kappa shape index (κ3) is 4.34. The molecule has 10 nitrogen and oxygen atoms in total. The fraction of sp³-hybridized carbons (Fsp3) is 0.261. The third-order valence-corrected chi connectivity index (χ3v) is 4.81. The van der Waals surface area contributed by atoms with Crippen molar-refractivity contribution in [3.05, 3.63) is 59.2 Å². The second kappa shape index (κ2) is 8.27. The van der Waals surface area contributed by atoms with Gasteiger partial charge in [0.15, 0.2) is 18.2 Å². The minimum Gasteiger partial charge on any atom is -0.481 e. The van der Waals surface area contributed by atoms with E-state index in [1.165, 1.54) is 17.0 Å². The van der Waals surface area contributed by atoms with E-state index in [2.05, 4.69) is 16.2 Å². The van der Waals surface area contributed by atoms with Gasteiger partial charge in [-0.15, -0.1) is 0 Å². The first-order valence-electron chi connectivity index (χ1n) is 10.0. The summed E-state index contributed by atoms with van der Waals surface area (Å²) in [4.78, 5) is 30.5. The molecule has 0 spiro atoms. The number of rotatable bonds is 5. The number of aromatic nitrogens is 2. The van der Waals surface area contributed by atoms with Crippen molar-refractivity contribution in [2.24, 2.45) is 0 Å². The third-order valence-electron chi connectivity index (χ3n) is 4.81. The molecule has 2 heterocycles. The van der Waals surface area contributed by atoms with Gasteiger partial charge in [0.25, 0.3) is 5.91 Å². The van der Waals surface area contributed by atoms with Gasteiger partial charge in [0.2, 0.25) is 5.89 Å². The Hall–Kier alpha value is -4.39. The molecule has 1 amide bonds. The average Bonchev–Trinajstić information content (AvgIpc) is 3.21. The molecule has 33 heavy (non-hydrogen) atoms. The lowest BCUT2D eigenvalue weighted by Gasteiger charge is -2.21. The Labute approximate surface area is 189 Å². The van der Waals surface area contributed by atoms with Gasteiger partial charge in [-0.2, -0.15) is 10.2 Å². The molecular formula is C23H20N4O6. The van der Waals surface area contributed by atoms with Crippen LogP contribution in [0.25, 0.3) is 0 Å². The lowest BCUT2D eigenvalue weighted by molar-refractivity contribution is -0.139. The summed E-state index contributed by atoms with van der Waals surface area (Å²) >= 11 is 0. The Morgan fingerprint density at radius 1 is 1.24 bits per heavy atom. The maximum atomic E-state index is 13.7. The second-order valence-corrected chi connectivity index (χ2v) is 8.37. The van der Waals surface area contributed by atoms with Crippen LogP contribution in [0.4, 0.5) is 5.69 Å².